The summed E-state index contributed by atoms with van der Waals surface area (Å²) >= 11 is 0. The maximum Gasteiger partial charge on any atom is 0.0168 e. The number of rotatable bonds is 3. The molecule has 0 spiro atoms. The van der Waals surface area contributed by atoms with Crippen molar-refractivity contribution >= 4 is 0 Å². The maximum atomic E-state index is 2.64. The third-order valence-corrected chi connectivity index (χ3v) is 3.70. The third kappa shape index (κ3) is 1.66. The lowest BCUT2D eigenvalue weighted by atomic mass is 9.84. The first kappa shape index (κ1) is 10.0. The molecule has 0 bridgehead atoms. The average Bonchev–Trinajstić information content (AvgIpc) is 2.01. The predicted octanol–water partition coefficient (Wildman–Crippen LogP) is 2.91. The van der Waals surface area contributed by atoms with E-state index >= 15 is 0 Å². The van der Waals surface area contributed by atoms with Gasteiger partial charge in [-0.15, -0.1) is 0 Å². The molecule has 72 valence electrons. The van der Waals surface area contributed by atoms with E-state index in [4.69, 9.17) is 0 Å². The second-order valence-electron chi connectivity index (χ2n) is 4.88. The SMILES string of the molecule is CCC(C)C(C)N1CCC1(C)C. The molecule has 1 rings (SSSR count). The van der Waals surface area contributed by atoms with Gasteiger partial charge in [0.1, 0.15) is 0 Å². The van der Waals surface area contributed by atoms with Crippen LogP contribution in [-0.4, -0.2) is 23.0 Å². The minimum absolute atomic E-state index is 0.475. The van der Waals surface area contributed by atoms with Crippen LogP contribution in [0.4, 0.5) is 0 Å². The van der Waals surface area contributed by atoms with Crippen LogP contribution < -0.4 is 0 Å². The van der Waals surface area contributed by atoms with Gasteiger partial charge in [-0.05, 0) is 33.1 Å². The molecule has 1 saturated heterocycles. The normalized spacial score (nSPS) is 27.8. The summed E-state index contributed by atoms with van der Waals surface area (Å²) in [5, 5.41) is 0. The Bertz CT molecular complexity index is 151. The van der Waals surface area contributed by atoms with Crippen LogP contribution in [0.5, 0.6) is 0 Å². The van der Waals surface area contributed by atoms with Gasteiger partial charge < -0.3 is 0 Å². The Labute approximate surface area is 77.1 Å². The molecule has 0 saturated carbocycles. The van der Waals surface area contributed by atoms with Crippen molar-refractivity contribution in [2.75, 3.05) is 6.54 Å². The number of nitrogens with zero attached hydrogens (tertiary/aromatic N) is 1. The summed E-state index contributed by atoms with van der Waals surface area (Å²) in [4.78, 5) is 2.64. The van der Waals surface area contributed by atoms with Crippen molar-refractivity contribution in [2.24, 2.45) is 5.92 Å². The highest BCUT2D eigenvalue weighted by atomic mass is 15.3. The van der Waals surface area contributed by atoms with Gasteiger partial charge in [0.15, 0.2) is 0 Å². The molecule has 1 aliphatic heterocycles. The van der Waals surface area contributed by atoms with E-state index in [2.05, 4.69) is 39.5 Å². The van der Waals surface area contributed by atoms with Gasteiger partial charge in [0.05, 0.1) is 0 Å². The van der Waals surface area contributed by atoms with Crippen LogP contribution in [0.25, 0.3) is 0 Å². The first-order valence-electron chi connectivity index (χ1n) is 5.25. The van der Waals surface area contributed by atoms with Crippen molar-refractivity contribution < 1.29 is 0 Å². The molecular weight excluding hydrogens is 146 g/mol. The van der Waals surface area contributed by atoms with Crippen molar-refractivity contribution in [3.8, 4) is 0 Å². The molecule has 0 aliphatic carbocycles. The van der Waals surface area contributed by atoms with Gasteiger partial charge in [-0.1, -0.05) is 20.3 Å². The van der Waals surface area contributed by atoms with Crippen LogP contribution in [-0.2, 0) is 0 Å². The Kier molecular flexibility index (Phi) is 2.82. The Hall–Kier alpha value is -0.0400. The molecule has 0 aromatic carbocycles. The summed E-state index contributed by atoms with van der Waals surface area (Å²) in [6.07, 6.45) is 2.67. The molecule has 2 unspecified atom stereocenters. The van der Waals surface area contributed by atoms with Crippen LogP contribution in [0, 0.1) is 5.92 Å². The van der Waals surface area contributed by atoms with Gasteiger partial charge >= 0.3 is 0 Å². The first-order valence-corrected chi connectivity index (χ1v) is 5.25. The van der Waals surface area contributed by atoms with Crippen molar-refractivity contribution in [1.29, 1.82) is 0 Å². The fourth-order valence-corrected chi connectivity index (χ4v) is 2.09. The zero-order chi connectivity index (χ0) is 9.35. The van der Waals surface area contributed by atoms with E-state index in [0.29, 0.717) is 5.54 Å². The topological polar surface area (TPSA) is 3.24 Å². The molecule has 1 heteroatoms. The molecule has 0 radical (unpaired) electrons. The minimum atomic E-state index is 0.475. The van der Waals surface area contributed by atoms with Gasteiger partial charge in [0.25, 0.3) is 0 Å². The largest absolute Gasteiger partial charge is 0.295 e. The molecule has 1 nitrogen and oxygen atoms in total. The van der Waals surface area contributed by atoms with E-state index in [1.807, 2.05) is 0 Å². The van der Waals surface area contributed by atoms with Crippen LogP contribution in [0.15, 0.2) is 0 Å². The van der Waals surface area contributed by atoms with Crippen LogP contribution in [0.3, 0.4) is 0 Å². The van der Waals surface area contributed by atoms with Crippen molar-refractivity contribution in [1.82, 2.24) is 4.90 Å². The number of hydrogen-bond acceptors (Lipinski definition) is 1. The van der Waals surface area contributed by atoms with Gasteiger partial charge in [0, 0.05) is 18.1 Å². The minimum Gasteiger partial charge on any atom is -0.295 e. The molecule has 1 heterocycles. The van der Waals surface area contributed by atoms with Gasteiger partial charge in [0.2, 0.25) is 0 Å². The summed E-state index contributed by atoms with van der Waals surface area (Å²) in [5.74, 6) is 0.838. The van der Waals surface area contributed by atoms with Crippen LogP contribution in [0.1, 0.15) is 47.5 Å². The Balaban J connectivity index is 2.48. The van der Waals surface area contributed by atoms with E-state index in [1.54, 1.807) is 0 Å². The first-order chi connectivity index (χ1) is 5.49. The molecule has 2 atom stereocenters. The third-order valence-electron chi connectivity index (χ3n) is 3.70. The second-order valence-corrected chi connectivity index (χ2v) is 4.88. The summed E-state index contributed by atoms with van der Waals surface area (Å²) in [6.45, 7) is 13.0. The lowest BCUT2D eigenvalue weighted by molar-refractivity contribution is -0.0362. The molecule has 0 aromatic rings. The average molecular weight is 169 g/mol. The molecular formula is C11H23N. The molecule has 0 N–H and O–H groups in total. The quantitative estimate of drug-likeness (QED) is 0.628. The van der Waals surface area contributed by atoms with E-state index in [0.717, 1.165) is 12.0 Å². The van der Waals surface area contributed by atoms with Crippen LogP contribution >= 0.6 is 0 Å². The fraction of sp³-hybridized carbons (Fsp3) is 1.00. The van der Waals surface area contributed by atoms with E-state index in [9.17, 15) is 0 Å². The summed E-state index contributed by atoms with van der Waals surface area (Å²) < 4.78 is 0. The summed E-state index contributed by atoms with van der Waals surface area (Å²) in [7, 11) is 0. The molecule has 1 fully saturated rings. The zero-order valence-corrected chi connectivity index (χ0v) is 9.22. The fourth-order valence-electron chi connectivity index (χ4n) is 2.09. The molecule has 0 aromatic heterocycles. The Morgan fingerprint density at radius 3 is 2.17 bits per heavy atom. The lowest BCUT2D eigenvalue weighted by Crippen LogP contribution is -2.60. The summed E-state index contributed by atoms with van der Waals surface area (Å²) in [5.41, 5.74) is 0.475. The number of hydrogen-bond donors (Lipinski definition) is 0. The van der Waals surface area contributed by atoms with Crippen molar-refractivity contribution in [2.45, 2.75) is 59.0 Å². The lowest BCUT2D eigenvalue weighted by Gasteiger charge is -2.53. The summed E-state index contributed by atoms with van der Waals surface area (Å²) in [6, 6.07) is 0.763. The molecule has 12 heavy (non-hydrogen) atoms. The highest BCUT2D eigenvalue weighted by Gasteiger charge is 2.39. The zero-order valence-electron chi connectivity index (χ0n) is 9.22. The monoisotopic (exact) mass is 169 g/mol. The van der Waals surface area contributed by atoms with E-state index in [1.165, 1.54) is 19.4 Å². The maximum absolute atomic E-state index is 2.64. The van der Waals surface area contributed by atoms with Gasteiger partial charge in [-0.3, -0.25) is 4.90 Å². The standard InChI is InChI=1S/C11H23N/c1-6-9(2)10(3)12-8-7-11(12,4)5/h9-10H,6-8H2,1-5H3. The van der Waals surface area contributed by atoms with Crippen molar-refractivity contribution in [3.05, 3.63) is 0 Å². The molecule has 0 amide bonds. The highest BCUT2D eigenvalue weighted by Crippen LogP contribution is 2.34. The predicted molar refractivity (Wildman–Crippen MR) is 54.3 cm³/mol. The van der Waals surface area contributed by atoms with Gasteiger partial charge in [-0.2, -0.15) is 0 Å². The van der Waals surface area contributed by atoms with E-state index < -0.39 is 0 Å². The Morgan fingerprint density at radius 2 is 1.92 bits per heavy atom. The molecule has 1 aliphatic rings. The number of likely N-dealkylation sites (tertiary alicyclic amines) is 1. The second kappa shape index (κ2) is 3.37. The highest BCUT2D eigenvalue weighted by molar-refractivity contribution is 4.95. The smallest absolute Gasteiger partial charge is 0.0168 e. The van der Waals surface area contributed by atoms with Crippen LogP contribution in [0.2, 0.25) is 0 Å². The van der Waals surface area contributed by atoms with Gasteiger partial charge in [-0.25, -0.2) is 0 Å². The van der Waals surface area contributed by atoms with E-state index in [-0.39, 0.29) is 0 Å². The van der Waals surface area contributed by atoms with Crippen molar-refractivity contribution in [3.63, 3.8) is 0 Å². The Morgan fingerprint density at radius 1 is 1.33 bits per heavy atom.